The third-order valence-electron chi connectivity index (χ3n) is 5.40. The Labute approximate surface area is 182 Å². The number of hydrogen-bond acceptors (Lipinski definition) is 4. The van der Waals surface area contributed by atoms with Crippen LogP contribution < -0.4 is 10.2 Å². The van der Waals surface area contributed by atoms with Gasteiger partial charge in [-0.05, 0) is 43.0 Å². The molecule has 2 heterocycles. The van der Waals surface area contributed by atoms with Gasteiger partial charge in [0.2, 0.25) is 0 Å². The van der Waals surface area contributed by atoms with E-state index in [9.17, 15) is 18.0 Å². The Hall–Kier alpha value is -2.87. The van der Waals surface area contributed by atoms with Gasteiger partial charge in [0, 0.05) is 30.0 Å². The van der Waals surface area contributed by atoms with Crippen molar-refractivity contribution in [2.45, 2.75) is 25.9 Å². The second kappa shape index (κ2) is 8.70. The monoisotopic (exact) mass is 445 g/mol. The third kappa shape index (κ3) is 4.90. The van der Waals surface area contributed by atoms with Gasteiger partial charge in [-0.1, -0.05) is 37.3 Å². The van der Waals surface area contributed by atoms with Gasteiger partial charge in [0.1, 0.15) is 9.88 Å². The Morgan fingerprint density at radius 3 is 2.32 bits per heavy atom. The Morgan fingerprint density at radius 2 is 1.71 bits per heavy atom. The molecule has 2 aromatic carbocycles. The number of nitrogens with one attached hydrogen (secondary N) is 1. The van der Waals surface area contributed by atoms with Gasteiger partial charge in [0.15, 0.2) is 5.69 Å². The van der Waals surface area contributed by atoms with Crippen LogP contribution in [0.1, 0.15) is 35.1 Å². The minimum atomic E-state index is -4.72. The van der Waals surface area contributed by atoms with Gasteiger partial charge in [-0.2, -0.15) is 13.2 Å². The number of amides is 1. The fraction of sp³-hybridized carbons (Fsp3) is 0.304. The smallest absolute Gasteiger partial charge is 0.372 e. The fourth-order valence-electron chi connectivity index (χ4n) is 3.58. The third-order valence-corrected chi connectivity index (χ3v) is 6.50. The normalized spacial score (nSPS) is 15.2. The molecular weight excluding hydrogens is 423 g/mol. The lowest BCUT2D eigenvalue weighted by Gasteiger charge is -2.32. The summed E-state index contributed by atoms with van der Waals surface area (Å²) >= 11 is 0.741. The highest BCUT2D eigenvalue weighted by atomic mass is 32.1. The van der Waals surface area contributed by atoms with Crippen molar-refractivity contribution in [1.82, 2.24) is 4.98 Å². The fourth-order valence-corrected chi connectivity index (χ4v) is 4.57. The Morgan fingerprint density at radius 1 is 1.06 bits per heavy atom. The van der Waals surface area contributed by atoms with E-state index in [0.29, 0.717) is 11.3 Å². The average molecular weight is 446 g/mol. The van der Waals surface area contributed by atoms with Crippen molar-refractivity contribution in [3.63, 3.8) is 0 Å². The van der Waals surface area contributed by atoms with Crippen molar-refractivity contribution in [1.29, 1.82) is 0 Å². The number of anilines is 2. The van der Waals surface area contributed by atoms with E-state index < -0.39 is 22.7 Å². The predicted octanol–water partition coefficient (Wildman–Crippen LogP) is 6.32. The molecule has 1 aliphatic heterocycles. The maximum Gasteiger partial charge on any atom is 0.435 e. The van der Waals surface area contributed by atoms with Gasteiger partial charge in [-0.25, -0.2) is 4.98 Å². The number of rotatable bonds is 4. The van der Waals surface area contributed by atoms with Gasteiger partial charge >= 0.3 is 6.18 Å². The molecule has 1 fully saturated rings. The minimum absolute atomic E-state index is 0.160. The summed E-state index contributed by atoms with van der Waals surface area (Å²) < 4.78 is 40.6. The molecule has 0 aliphatic carbocycles. The highest BCUT2D eigenvalue weighted by molar-refractivity contribution is 7.17. The average Bonchev–Trinajstić information content (AvgIpc) is 3.22. The van der Waals surface area contributed by atoms with Crippen molar-refractivity contribution in [2.24, 2.45) is 5.92 Å². The first-order valence-corrected chi connectivity index (χ1v) is 10.9. The summed E-state index contributed by atoms with van der Waals surface area (Å²) in [6.45, 7) is 4.20. The molecule has 1 amide bonds. The van der Waals surface area contributed by atoms with E-state index in [0.717, 1.165) is 48.9 Å². The molecule has 1 aromatic heterocycles. The number of hydrogen-bond donors (Lipinski definition) is 1. The Kier molecular flexibility index (Phi) is 6.00. The van der Waals surface area contributed by atoms with E-state index in [1.165, 1.54) is 0 Å². The molecule has 1 aliphatic rings. The molecule has 4 nitrogen and oxygen atoms in total. The van der Waals surface area contributed by atoms with E-state index >= 15 is 0 Å². The SMILES string of the molecule is CC1CCN(c2ccc(NC(=O)c3sc(-c4ccccc4)nc3C(F)(F)F)cc2)CC1. The molecular formula is C23H22F3N3OS. The number of piperidine rings is 1. The maximum atomic E-state index is 13.5. The van der Waals surface area contributed by atoms with Crippen molar-refractivity contribution in [3.05, 3.63) is 65.2 Å². The number of halogens is 3. The molecule has 0 atom stereocenters. The van der Waals surface area contributed by atoms with Crippen LogP contribution in [-0.4, -0.2) is 24.0 Å². The number of carbonyl (C=O) groups excluding carboxylic acids is 1. The second-order valence-electron chi connectivity index (χ2n) is 7.73. The van der Waals surface area contributed by atoms with Crippen LogP contribution in [0.4, 0.5) is 24.5 Å². The molecule has 1 N–H and O–H groups in total. The molecule has 0 radical (unpaired) electrons. The van der Waals surface area contributed by atoms with Gasteiger partial charge in [0.25, 0.3) is 5.91 Å². The van der Waals surface area contributed by atoms with E-state index in [1.807, 2.05) is 12.1 Å². The Bertz CT molecular complexity index is 1040. The van der Waals surface area contributed by atoms with Gasteiger partial charge in [-0.15, -0.1) is 11.3 Å². The van der Waals surface area contributed by atoms with Crippen molar-refractivity contribution in [2.75, 3.05) is 23.3 Å². The lowest BCUT2D eigenvalue weighted by Crippen LogP contribution is -2.32. The molecule has 31 heavy (non-hydrogen) atoms. The quantitative estimate of drug-likeness (QED) is 0.511. The highest BCUT2D eigenvalue weighted by Gasteiger charge is 2.39. The zero-order valence-corrected chi connectivity index (χ0v) is 17.8. The summed E-state index contributed by atoms with van der Waals surface area (Å²) in [5, 5.41) is 2.75. The number of benzene rings is 2. The summed E-state index contributed by atoms with van der Waals surface area (Å²) in [6.07, 6.45) is -2.45. The first-order chi connectivity index (χ1) is 14.8. The molecule has 0 bridgehead atoms. The molecule has 1 saturated heterocycles. The molecule has 4 rings (SSSR count). The van der Waals surface area contributed by atoms with Crippen LogP contribution in [0.5, 0.6) is 0 Å². The van der Waals surface area contributed by atoms with E-state index in [-0.39, 0.29) is 5.01 Å². The van der Waals surface area contributed by atoms with Crippen LogP contribution in [0, 0.1) is 5.92 Å². The van der Waals surface area contributed by atoms with Crippen LogP contribution in [-0.2, 0) is 6.18 Å². The summed E-state index contributed by atoms with van der Waals surface area (Å²) in [5.74, 6) is -0.0932. The lowest BCUT2D eigenvalue weighted by molar-refractivity contribution is -0.140. The van der Waals surface area contributed by atoms with Crippen molar-refractivity contribution in [3.8, 4) is 10.6 Å². The topological polar surface area (TPSA) is 45.2 Å². The largest absolute Gasteiger partial charge is 0.435 e. The molecule has 0 unspecified atom stereocenters. The number of alkyl halides is 3. The first kappa shape index (κ1) is 21.4. The minimum Gasteiger partial charge on any atom is -0.372 e. The molecule has 162 valence electrons. The van der Waals surface area contributed by atoms with Crippen LogP contribution in [0.25, 0.3) is 10.6 Å². The second-order valence-corrected chi connectivity index (χ2v) is 8.73. The van der Waals surface area contributed by atoms with E-state index in [1.54, 1.807) is 42.5 Å². The van der Waals surface area contributed by atoms with E-state index in [2.05, 4.69) is 22.1 Å². The van der Waals surface area contributed by atoms with Gasteiger partial charge in [0.05, 0.1) is 0 Å². The highest BCUT2D eigenvalue weighted by Crippen LogP contribution is 2.38. The first-order valence-electron chi connectivity index (χ1n) is 10.1. The number of carbonyl (C=O) groups is 1. The number of aromatic nitrogens is 1. The van der Waals surface area contributed by atoms with Crippen molar-refractivity contribution >= 4 is 28.6 Å². The summed E-state index contributed by atoms with van der Waals surface area (Å²) in [5.41, 5.74) is 0.872. The van der Waals surface area contributed by atoms with Gasteiger partial charge in [-0.3, -0.25) is 4.79 Å². The zero-order chi connectivity index (χ0) is 22.0. The summed E-state index contributed by atoms with van der Waals surface area (Å²) in [4.78, 5) is 18.3. The Balaban J connectivity index is 1.53. The van der Waals surface area contributed by atoms with E-state index in [4.69, 9.17) is 0 Å². The van der Waals surface area contributed by atoms with Crippen LogP contribution in [0.2, 0.25) is 0 Å². The number of thiazole rings is 1. The summed E-state index contributed by atoms with van der Waals surface area (Å²) in [6, 6.07) is 15.7. The lowest BCUT2D eigenvalue weighted by atomic mass is 9.99. The van der Waals surface area contributed by atoms with Crippen LogP contribution in [0.3, 0.4) is 0 Å². The standard InChI is InChI=1S/C23H22F3N3OS/c1-15-11-13-29(14-12-15)18-9-7-17(8-10-18)27-21(30)19-20(23(24,25)26)28-22(31-19)16-5-3-2-4-6-16/h2-10,15H,11-14H2,1H3,(H,27,30). The molecule has 0 saturated carbocycles. The van der Waals surface area contributed by atoms with Gasteiger partial charge < -0.3 is 10.2 Å². The molecule has 0 spiro atoms. The maximum absolute atomic E-state index is 13.5. The van der Waals surface area contributed by atoms with Crippen LogP contribution in [0.15, 0.2) is 54.6 Å². The van der Waals surface area contributed by atoms with Crippen LogP contribution >= 0.6 is 11.3 Å². The zero-order valence-electron chi connectivity index (χ0n) is 16.9. The summed E-state index contributed by atoms with van der Waals surface area (Å²) in [7, 11) is 0. The predicted molar refractivity (Wildman–Crippen MR) is 118 cm³/mol. The molecule has 8 heteroatoms. The molecule has 3 aromatic rings. The number of nitrogens with zero attached hydrogens (tertiary/aromatic N) is 2. The van der Waals surface area contributed by atoms with Crippen molar-refractivity contribution < 1.29 is 18.0 Å².